The number of carbonyl (C=O) groups is 5. The van der Waals surface area contributed by atoms with Crippen LogP contribution in [0, 0.1) is 5.41 Å². The van der Waals surface area contributed by atoms with E-state index in [0.29, 0.717) is 5.57 Å². The van der Waals surface area contributed by atoms with Crippen molar-refractivity contribution in [1.29, 1.82) is 0 Å². The van der Waals surface area contributed by atoms with Crippen LogP contribution in [0.3, 0.4) is 0 Å². The van der Waals surface area contributed by atoms with Crippen molar-refractivity contribution < 1.29 is 43.0 Å². The van der Waals surface area contributed by atoms with Gasteiger partial charge in [-0.25, -0.2) is 14.6 Å². The lowest BCUT2D eigenvalue weighted by molar-refractivity contribution is -0.173. The van der Waals surface area contributed by atoms with Crippen LogP contribution in [0.1, 0.15) is 26.5 Å². The van der Waals surface area contributed by atoms with Gasteiger partial charge in [-0.1, -0.05) is 11.2 Å². The number of amides is 3. The maximum atomic E-state index is 13.2. The lowest BCUT2D eigenvalue weighted by Crippen LogP contribution is -2.71. The van der Waals surface area contributed by atoms with Gasteiger partial charge in [-0.05, 0) is 32.4 Å². The number of esters is 2. The van der Waals surface area contributed by atoms with Crippen molar-refractivity contribution in [3.63, 3.8) is 0 Å². The molecular formula is C24H30N6O9S2. The number of nitrogens with one attached hydrogen (secondary N) is 2. The van der Waals surface area contributed by atoms with Crippen LogP contribution in [-0.2, 0) is 38.2 Å². The molecule has 1 aromatic heterocycles. The Balaban J connectivity index is 1.79. The first kappa shape index (κ1) is 31.4. The number of aromatic nitrogens is 1. The molecule has 2 aliphatic heterocycles. The van der Waals surface area contributed by atoms with Crippen molar-refractivity contribution in [3.05, 3.63) is 34.5 Å². The van der Waals surface area contributed by atoms with Gasteiger partial charge in [0.15, 0.2) is 10.8 Å². The highest BCUT2D eigenvalue weighted by Crippen LogP contribution is 2.41. The van der Waals surface area contributed by atoms with Crippen molar-refractivity contribution in [2.45, 2.75) is 32.2 Å². The van der Waals surface area contributed by atoms with E-state index in [1.807, 2.05) is 0 Å². The summed E-state index contributed by atoms with van der Waals surface area (Å²) < 4.78 is 15.1. The average molecular weight is 611 g/mol. The molecule has 3 rings (SSSR count). The molecule has 0 aromatic carbocycles. The van der Waals surface area contributed by atoms with Crippen LogP contribution >= 0.6 is 23.1 Å². The first-order valence-corrected chi connectivity index (χ1v) is 14.0. The second-order valence-corrected chi connectivity index (χ2v) is 11.4. The van der Waals surface area contributed by atoms with Crippen LogP contribution in [0.2, 0.25) is 0 Å². The van der Waals surface area contributed by atoms with E-state index in [2.05, 4.69) is 20.8 Å². The van der Waals surface area contributed by atoms with Crippen molar-refractivity contribution in [3.8, 4) is 0 Å². The van der Waals surface area contributed by atoms with E-state index >= 15 is 0 Å². The molecule has 0 spiro atoms. The second-order valence-electron chi connectivity index (χ2n) is 9.41. The number of allylic oxidation sites excluding steroid dienone is 1. The Labute approximate surface area is 243 Å². The third kappa shape index (κ3) is 7.55. The third-order valence-corrected chi connectivity index (χ3v) is 7.44. The van der Waals surface area contributed by atoms with Gasteiger partial charge < -0.3 is 35.4 Å². The molecule has 0 aliphatic carbocycles. The number of alkyl carbamates (subject to hydrolysis) is 1. The van der Waals surface area contributed by atoms with Gasteiger partial charge in [0.1, 0.15) is 36.5 Å². The van der Waals surface area contributed by atoms with Crippen LogP contribution in [-0.4, -0.2) is 90.2 Å². The molecule has 0 radical (unpaired) electrons. The molecular weight excluding hydrogens is 580 g/mol. The van der Waals surface area contributed by atoms with Crippen molar-refractivity contribution in [2.75, 3.05) is 39.0 Å². The zero-order valence-electron chi connectivity index (χ0n) is 22.9. The van der Waals surface area contributed by atoms with Crippen LogP contribution in [0.4, 0.5) is 9.93 Å². The normalized spacial score (nSPS) is 18.8. The number of hydrogen-bond donors (Lipinski definition) is 3. The number of nitrogens with zero attached hydrogens (tertiary/aromatic N) is 3. The SMILES string of the molecule is CNC(=O)OC/C=C\C1=C(C(=O)OCOC(=O)C(C)(C)C)N2C(=O)[C@@H](NC(=O)/C(=N\OC)c3csc(N)n3)[C@H]2SC1. The number of thioether (sulfide) groups is 1. The monoisotopic (exact) mass is 610 g/mol. The number of hydrogen-bond acceptors (Lipinski definition) is 14. The number of nitrogens with two attached hydrogens (primary N) is 1. The Hall–Kier alpha value is -4.12. The highest BCUT2D eigenvalue weighted by atomic mass is 32.2. The minimum Gasteiger partial charge on any atom is -0.445 e. The molecule has 0 bridgehead atoms. The number of nitrogen functional groups attached to an aromatic ring is 1. The number of rotatable bonds is 10. The van der Waals surface area contributed by atoms with Crippen molar-refractivity contribution >= 4 is 63.8 Å². The predicted octanol–water partition coefficient (Wildman–Crippen LogP) is 0.732. The second kappa shape index (κ2) is 13.5. The number of ether oxygens (including phenoxy) is 3. The van der Waals surface area contributed by atoms with E-state index in [1.165, 1.54) is 48.4 Å². The number of fused-ring (bicyclic) bond motifs is 1. The summed E-state index contributed by atoms with van der Waals surface area (Å²) in [7, 11) is 2.67. The number of carbonyl (C=O) groups excluding carboxylic acids is 5. The van der Waals surface area contributed by atoms with Gasteiger partial charge in [0.25, 0.3) is 11.8 Å². The molecule has 1 aromatic rings. The molecule has 2 aliphatic rings. The molecule has 17 heteroatoms. The van der Waals surface area contributed by atoms with E-state index in [0.717, 1.165) is 11.3 Å². The van der Waals surface area contributed by atoms with E-state index in [9.17, 15) is 24.0 Å². The standard InChI is InChI=1S/C24H30N6O9S2/c1-24(2,3)21(34)39-11-38-20(33)16-12(7-6-8-37-23(35)26-4)9-40-19-15(18(32)30(16)19)28-17(31)14(29-36-5)13-10-41-22(25)27-13/h6-7,10,15,19H,8-9,11H2,1-5H3,(H2,25,27)(H,26,35)(H,28,31)/b7-6-,29-14-/t15-,19-/m1/s1. The third-order valence-electron chi connectivity index (χ3n) is 5.47. The fourth-order valence-electron chi connectivity index (χ4n) is 3.47. The van der Waals surface area contributed by atoms with Gasteiger partial charge in [0.05, 0.1) is 5.41 Å². The minimum atomic E-state index is -1.01. The summed E-state index contributed by atoms with van der Waals surface area (Å²) in [4.78, 5) is 72.7. The summed E-state index contributed by atoms with van der Waals surface area (Å²) in [6.45, 7) is 4.17. The number of oxime groups is 1. The van der Waals surface area contributed by atoms with Crippen LogP contribution in [0.25, 0.3) is 0 Å². The molecule has 1 saturated heterocycles. The van der Waals surface area contributed by atoms with E-state index in [1.54, 1.807) is 20.8 Å². The summed E-state index contributed by atoms with van der Waals surface area (Å²) in [6.07, 6.45) is 2.38. The zero-order chi connectivity index (χ0) is 30.3. The highest BCUT2D eigenvalue weighted by Gasteiger charge is 2.54. The van der Waals surface area contributed by atoms with E-state index in [-0.39, 0.29) is 34.6 Å². The lowest BCUT2D eigenvalue weighted by atomic mass is 9.98. The van der Waals surface area contributed by atoms with Crippen molar-refractivity contribution in [1.82, 2.24) is 20.5 Å². The summed E-state index contributed by atoms with van der Waals surface area (Å²) >= 11 is 2.39. The molecule has 3 amide bonds. The molecule has 4 N–H and O–H groups in total. The zero-order valence-corrected chi connectivity index (χ0v) is 24.6. The average Bonchev–Trinajstić information content (AvgIpc) is 3.36. The van der Waals surface area contributed by atoms with Crippen LogP contribution in [0.15, 0.2) is 34.0 Å². The largest absolute Gasteiger partial charge is 0.445 e. The molecule has 222 valence electrons. The maximum absolute atomic E-state index is 13.2. The molecule has 0 unspecified atom stereocenters. The van der Waals surface area contributed by atoms with E-state index < -0.39 is 53.5 Å². The maximum Gasteiger partial charge on any atom is 0.407 e. The Kier molecular flexibility index (Phi) is 10.3. The number of anilines is 1. The van der Waals surface area contributed by atoms with Gasteiger partial charge >= 0.3 is 18.0 Å². The molecule has 0 saturated carbocycles. The molecule has 3 heterocycles. The summed E-state index contributed by atoms with van der Waals surface area (Å²) in [5.41, 5.74) is 5.15. The molecule has 2 atom stereocenters. The van der Waals surface area contributed by atoms with Gasteiger partial charge in [0, 0.05) is 18.2 Å². The topological polar surface area (TPSA) is 201 Å². The van der Waals surface area contributed by atoms with Gasteiger partial charge in [-0.3, -0.25) is 19.3 Å². The van der Waals surface area contributed by atoms with Gasteiger partial charge in [-0.2, -0.15) is 0 Å². The van der Waals surface area contributed by atoms with E-state index in [4.69, 9.17) is 24.8 Å². The van der Waals surface area contributed by atoms with Crippen LogP contribution < -0.4 is 16.4 Å². The van der Waals surface area contributed by atoms with Crippen LogP contribution in [0.5, 0.6) is 0 Å². The first-order valence-electron chi connectivity index (χ1n) is 12.1. The summed E-state index contributed by atoms with van der Waals surface area (Å²) in [6, 6.07) is -1.01. The van der Waals surface area contributed by atoms with Gasteiger partial charge in [-0.15, -0.1) is 23.1 Å². The predicted molar refractivity (Wildman–Crippen MR) is 148 cm³/mol. The number of thiazole rings is 1. The molecule has 1 fully saturated rings. The Morgan fingerprint density at radius 2 is 1.98 bits per heavy atom. The Morgan fingerprint density at radius 1 is 1.24 bits per heavy atom. The Morgan fingerprint density at radius 3 is 2.59 bits per heavy atom. The van der Waals surface area contributed by atoms with Gasteiger partial charge in [0.2, 0.25) is 6.79 Å². The quantitative estimate of drug-likeness (QED) is 0.110. The first-order chi connectivity index (χ1) is 19.4. The molecule has 15 nitrogen and oxygen atoms in total. The fraction of sp³-hybridized carbons (Fsp3) is 0.458. The Bertz CT molecular complexity index is 1300. The summed E-state index contributed by atoms with van der Waals surface area (Å²) in [5.74, 6) is -2.57. The number of β-lactam (4-membered cyclic amide) rings is 1. The molecule has 41 heavy (non-hydrogen) atoms. The summed E-state index contributed by atoms with van der Waals surface area (Å²) in [5, 5.41) is 9.72. The minimum absolute atomic E-state index is 0.0923. The van der Waals surface area contributed by atoms with Crippen molar-refractivity contribution in [2.24, 2.45) is 10.6 Å². The fourth-order valence-corrected chi connectivity index (χ4v) is 5.34. The highest BCUT2D eigenvalue weighted by molar-refractivity contribution is 8.00. The lowest BCUT2D eigenvalue weighted by Gasteiger charge is -2.49. The smallest absolute Gasteiger partial charge is 0.407 e.